The molecule has 6 heteroatoms. The summed E-state index contributed by atoms with van der Waals surface area (Å²) in [6, 6.07) is 9.67. The molecule has 0 atom stereocenters. The molecule has 1 N–H and O–H groups in total. The summed E-state index contributed by atoms with van der Waals surface area (Å²) in [5.41, 5.74) is 7.15. The highest BCUT2D eigenvalue weighted by Crippen LogP contribution is 2.26. The van der Waals surface area contributed by atoms with E-state index in [1.807, 2.05) is 30.7 Å². The molecule has 0 aliphatic carbocycles. The van der Waals surface area contributed by atoms with Crippen molar-refractivity contribution < 1.29 is 5.11 Å². The predicted molar refractivity (Wildman–Crippen MR) is 109 cm³/mol. The second kappa shape index (κ2) is 7.37. The summed E-state index contributed by atoms with van der Waals surface area (Å²) in [6.07, 6.45) is 4.96. The highest BCUT2D eigenvalue weighted by Gasteiger charge is 2.20. The van der Waals surface area contributed by atoms with E-state index in [-0.39, 0.29) is 0 Å². The molecule has 3 heterocycles. The maximum absolute atomic E-state index is 9.82. The van der Waals surface area contributed by atoms with Crippen molar-refractivity contribution in [3.05, 3.63) is 64.7 Å². The van der Waals surface area contributed by atoms with Crippen LogP contribution in [0.2, 0.25) is 0 Å². The summed E-state index contributed by atoms with van der Waals surface area (Å²) in [5, 5.41) is 10.7. The van der Waals surface area contributed by atoms with E-state index in [2.05, 4.69) is 39.3 Å². The summed E-state index contributed by atoms with van der Waals surface area (Å²) in [5.74, 6) is 0.291. The van der Waals surface area contributed by atoms with Gasteiger partial charge in [0, 0.05) is 61.0 Å². The van der Waals surface area contributed by atoms with Crippen molar-refractivity contribution in [3.63, 3.8) is 0 Å². The maximum Gasteiger partial charge on any atom is 0.187 e. The zero-order chi connectivity index (χ0) is 19.0. The van der Waals surface area contributed by atoms with E-state index in [1.165, 1.54) is 28.2 Å². The number of hydrogen-bond donors (Lipinski definition) is 1. The second-order valence-electron chi connectivity index (χ2n) is 7.04. The molecule has 0 unspecified atom stereocenters. The van der Waals surface area contributed by atoms with E-state index >= 15 is 0 Å². The predicted octanol–water partition coefficient (Wildman–Crippen LogP) is 3.87. The normalized spacial score (nSPS) is 14.3. The number of phenolic OH excluding ortho intramolecular Hbond substituents is 1. The van der Waals surface area contributed by atoms with E-state index in [0.717, 1.165) is 36.9 Å². The van der Waals surface area contributed by atoms with Crippen LogP contribution in [0, 0.1) is 13.8 Å². The van der Waals surface area contributed by atoms with Gasteiger partial charge < -0.3 is 9.67 Å². The molecule has 0 amide bonds. The van der Waals surface area contributed by atoms with Crippen molar-refractivity contribution in [3.8, 4) is 11.4 Å². The molecule has 0 saturated carbocycles. The molecule has 5 nitrogen and oxygen atoms in total. The molecule has 0 radical (unpaired) electrons. The summed E-state index contributed by atoms with van der Waals surface area (Å²) in [7, 11) is 0. The summed E-state index contributed by atoms with van der Waals surface area (Å²) in [6.45, 7) is 7.07. The average Bonchev–Trinajstić information content (AvgIpc) is 2.94. The van der Waals surface area contributed by atoms with Crippen molar-refractivity contribution in [1.29, 1.82) is 0 Å². The summed E-state index contributed by atoms with van der Waals surface area (Å²) in [4.78, 5) is 11.5. The number of aromatic hydroxyl groups is 1. The fourth-order valence-electron chi connectivity index (χ4n) is 3.85. The van der Waals surface area contributed by atoms with Crippen molar-refractivity contribution in [2.75, 3.05) is 12.8 Å². The Labute approximate surface area is 164 Å². The first-order valence-electron chi connectivity index (χ1n) is 9.13. The van der Waals surface area contributed by atoms with E-state index in [0.29, 0.717) is 5.75 Å². The molecule has 27 heavy (non-hydrogen) atoms. The lowest BCUT2D eigenvalue weighted by Gasteiger charge is -2.28. The fourth-order valence-corrected chi connectivity index (χ4v) is 4.21. The van der Waals surface area contributed by atoms with Gasteiger partial charge in [-0.15, -0.1) is 0 Å². The van der Waals surface area contributed by atoms with Gasteiger partial charge in [-0.2, -0.15) is 0 Å². The minimum atomic E-state index is 0.291. The Balaban J connectivity index is 1.56. The third-order valence-electron chi connectivity index (χ3n) is 5.19. The van der Waals surface area contributed by atoms with E-state index in [1.54, 1.807) is 17.8 Å². The molecule has 140 valence electrons. The fraction of sp³-hybridized carbons (Fsp3) is 0.333. The van der Waals surface area contributed by atoms with Gasteiger partial charge in [-0.25, -0.2) is 9.97 Å². The number of benzene rings is 1. The molecule has 1 aromatic carbocycles. The van der Waals surface area contributed by atoms with Gasteiger partial charge >= 0.3 is 0 Å². The topological polar surface area (TPSA) is 54.2 Å². The minimum Gasteiger partial charge on any atom is -0.508 e. The van der Waals surface area contributed by atoms with Crippen LogP contribution in [0.5, 0.6) is 5.75 Å². The van der Waals surface area contributed by atoms with Crippen LogP contribution in [-0.2, 0) is 19.5 Å². The molecular weight excluding hydrogens is 356 g/mol. The Bertz CT molecular complexity index is 982. The van der Waals surface area contributed by atoms with Gasteiger partial charge in [0.1, 0.15) is 5.75 Å². The lowest BCUT2D eigenvalue weighted by atomic mass is 10.1. The van der Waals surface area contributed by atoms with Crippen molar-refractivity contribution in [2.45, 2.75) is 38.5 Å². The van der Waals surface area contributed by atoms with Crippen LogP contribution in [0.15, 0.2) is 41.7 Å². The summed E-state index contributed by atoms with van der Waals surface area (Å²) >= 11 is 1.59. The zero-order valence-electron chi connectivity index (χ0n) is 15.9. The number of hydrogen-bond acceptors (Lipinski definition) is 5. The van der Waals surface area contributed by atoms with Gasteiger partial charge in [-0.3, -0.25) is 4.90 Å². The highest BCUT2D eigenvalue weighted by atomic mass is 32.2. The first-order valence-corrected chi connectivity index (χ1v) is 10.4. The molecule has 0 spiro atoms. The molecule has 1 aliphatic heterocycles. The van der Waals surface area contributed by atoms with E-state index < -0.39 is 0 Å². The Morgan fingerprint density at radius 2 is 2.07 bits per heavy atom. The number of fused-ring (bicyclic) bond motifs is 1. The molecule has 3 aromatic rings. The van der Waals surface area contributed by atoms with Crippen LogP contribution in [0.1, 0.15) is 28.2 Å². The van der Waals surface area contributed by atoms with Crippen molar-refractivity contribution in [2.24, 2.45) is 0 Å². The van der Waals surface area contributed by atoms with Gasteiger partial charge in [-0.1, -0.05) is 17.8 Å². The Kier molecular flexibility index (Phi) is 4.93. The third kappa shape index (κ3) is 3.59. The van der Waals surface area contributed by atoms with Crippen molar-refractivity contribution in [1.82, 2.24) is 19.4 Å². The minimum absolute atomic E-state index is 0.291. The molecule has 4 rings (SSSR count). The second-order valence-corrected chi connectivity index (χ2v) is 7.81. The standard InChI is InChI=1S/C21H24N4OS/c1-14-9-16(15(2)25(14)18-5-4-6-19(26)10-18)12-24-8-7-20-17(13-24)11-22-21(23-20)27-3/h4-6,9-11,26H,7-8,12-13H2,1-3H3. The van der Waals surface area contributed by atoms with E-state index in [9.17, 15) is 5.11 Å². The van der Waals surface area contributed by atoms with Crippen LogP contribution in [-0.4, -0.2) is 37.3 Å². The van der Waals surface area contributed by atoms with E-state index in [4.69, 9.17) is 0 Å². The van der Waals surface area contributed by atoms with Crippen LogP contribution in [0.3, 0.4) is 0 Å². The number of rotatable bonds is 4. The van der Waals surface area contributed by atoms with Crippen LogP contribution in [0.4, 0.5) is 0 Å². The molecule has 0 fully saturated rings. The maximum atomic E-state index is 9.82. The monoisotopic (exact) mass is 380 g/mol. The van der Waals surface area contributed by atoms with Crippen LogP contribution in [0.25, 0.3) is 5.69 Å². The van der Waals surface area contributed by atoms with Crippen molar-refractivity contribution >= 4 is 11.8 Å². The lowest BCUT2D eigenvalue weighted by molar-refractivity contribution is 0.241. The highest BCUT2D eigenvalue weighted by molar-refractivity contribution is 7.98. The quantitative estimate of drug-likeness (QED) is 0.550. The number of phenols is 1. The molecule has 0 saturated heterocycles. The number of aryl methyl sites for hydroxylation is 1. The zero-order valence-corrected chi connectivity index (χ0v) is 16.8. The molecule has 0 bridgehead atoms. The van der Waals surface area contributed by atoms with Gasteiger partial charge in [0.25, 0.3) is 0 Å². The first-order chi connectivity index (χ1) is 13.0. The Hall–Kier alpha value is -2.31. The third-order valence-corrected chi connectivity index (χ3v) is 5.75. The van der Waals surface area contributed by atoms with Gasteiger partial charge in [0.2, 0.25) is 0 Å². The van der Waals surface area contributed by atoms with Gasteiger partial charge in [0.15, 0.2) is 5.16 Å². The average molecular weight is 381 g/mol. The lowest BCUT2D eigenvalue weighted by Crippen LogP contribution is -2.31. The molecular formula is C21H24N4OS. The first kappa shape index (κ1) is 18.1. The number of thioether (sulfide) groups is 1. The molecule has 1 aliphatic rings. The molecule has 2 aromatic heterocycles. The Morgan fingerprint density at radius 3 is 2.85 bits per heavy atom. The SMILES string of the molecule is CSc1ncc2c(n1)CCN(Cc1cc(C)n(-c3cccc(O)c3)c1C)C2. The number of aromatic nitrogens is 3. The number of nitrogens with zero attached hydrogens (tertiary/aromatic N) is 4. The largest absolute Gasteiger partial charge is 0.508 e. The van der Waals surface area contributed by atoms with Gasteiger partial charge in [0.05, 0.1) is 5.69 Å². The summed E-state index contributed by atoms with van der Waals surface area (Å²) < 4.78 is 2.21. The van der Waals surface area contributed by atoms with Crippen LogP contribution >= 0.6 is 11.8 Å². The Morgan fingerprint density at radius 1 is 1.22 bits per heavy atom. The smallest absolute Gasteiger partial charge is 0.187 e. The van der Waals surface area contributed by atoms with Crippen LogP contribution < -0.4 is 0 Å². The van der Waals surface area contributed by atoms with Gasteiger partial charge in [-0.05, 0) is 43.9 Å².